The molecule has 1 aromatic carbocycles. The molecule has 1 N–H and O–H groups in total. The van der Waals surface area contributed by atoms with E-state index in [-0.39, 0.29) is 11.1 Å². The number of methoxy groups -OCH3 is 3. The number of thiazole rings is 1. The van der Waals surface area contributed by atoms with Crippen molar-refractivity contribution in [1.29, 1.82) is 0 Å². The van der Waals surface area contributed by atoms with Crippen LogP contribution in [0.25, 0.3) is 4.96 Å². The average Bonchev–Trinajstić information content (AvgIpc) is 3.22. The van der Waals surface area contributed by atoms with Crippen molar-refractivity contribution in [1.82, 2.24) is 19.5 Å². The highest BCUT2D eigenvalue weighted by Crippen LogP contribution is 2.45. The van der Waals surface area contributed by atoms with Gasteiger partial charge in [0, 0.05) is 6.54 Å². The van der Waals surface area contributed by atoms with Gasteiger partial charge in [0.05, 0.1) is 27.4 Å². The second-order valence-electron chi connectivity index (χ2n) is 7.75. The zero-order chi connectivity index (χ0) is 21.4. The molecule has 3 heterocycles. The van der Waals surface area contributed by atoms with Crippen LogP contribution in [0.15, 0.2) is 12.1 Å². The molecule has 1 aliphatic rings. The smallest absolute Gasteiger partial charge is 0.215 e. The summed E-state index contributed by atoms with van der Waals surface area (Å²) in [5.74, 6) is 2.96. The highest BCUT2D eigenvalue weighted by Gasteiger charge is 2.34. The number of hydrogen-bond acceptors (Lipinski definition) is 8. The van der Waals surface area contributed by atoms with Crippen LogP contribution in [0.1, 0.15) is 42.9 Å². The van der Waals surface area contributed by atoms with Gasteiger partial charge in [-0.1, -0.05) is 18.3 Å². The van der Waals surface area contributed by atoms with Crippen molar-refractivity contribution in [3.05, 3.63) is 29.2 Å². The quantitative estimate of drug-likeness (QED) is 0.637. The zero-order valence-electron chi connectivity index (χ0n) is 18.0. The minimum atomic E-state index is -0.226. The first-order valence-corrected chi connectivity index (χ1v) is 10.9. The van der Waals surface area contributed by atoms with Gasteiger partial charge in [0.1, 0.15) is 11.5 Å². The molecule has 1 aliphatic heterocycles. The van der Waals surface area contributed by atoms with Gasteiger partial charge >= 0.3 is 0 Å². The molecule has 8 nitrogen and oxygen atoms in total. The molecular formula is C21H28N4O4S. The van der Waals surface area contributed by atoms with E-state index in [4.69, 9.17) is 14.2 Å². The first-order valence-electron chi connectivity index (χ1n) is 10.1. The summed E-state index contributed by atoms with van der Waals surface area (Å²) in [6.07, 6.45) is 2.30. The molecule has 4 rings (SSSR count). The SMILES string of the molecule is COc1cc(C(c2c(O)sc3nc(C)nn23)N2CCCC(C)C2)cc(OC)c1OC. The van der Waals surface area contributed by atoms with Crippen molar-refractivity contribution in [2.75, 3.05) is 34.4 Å². The Labute approximate surface area is 180 Å². The molecule has 162 valence electrons. The zero-order valence-corrected chi connectivity index (χ0v) is 18.8. The van der Waals surface area contributed by atoms with Crippen molar-refractivity contribution >= 4 is 16.3 Å². The maximum Gasteiger partial charge on any atom is 0.215 e. The van der Waals surface area contributed by atoms with E-state index < -0.39 is 0 Å². The van der Waals surface area contributed by atoms with Gasteiger partial charge < -0.3 is 19.3 Å². The molecule has 1 fully saturated rings. The Morgan fingerprint density at radius 2 is 1.87 bits per heavy atom. The van der Waals surface area contributed by atoms with Gasteiger partial charge in [-0.3, -0.25) is 4.90 Å². The lowest BCUT2D eigenvalue weighted by molar-refractivity contribution is 0.144. The van der Waals surface area contributed by atoms with Crippen molar-refractivity contribution in [3.8, 4) is 22.3 Å². The van der Waals surface area contributed by atoms with Crippen molar-refractivity contribution in [3.63, 3.8) is 0 Å². The number of hydrogen-bond donors (Lipinski definition) is 1. The molecule has 2 aromatic heterocycles. The van der Waals surface area contributed by atoms with Crippen LogP contribution in [-0.2, 0) is 0 Å². The number of fused-ring (bicyclic) bond motifs is 1. The molecule has 0 radical (unpaired) electrons. The fourth-order valence-electron chi connectivity index (χ4n) is 4.34. The Hall–Kier alpha value is -2.52. The first-order chi connectivity index (χ1) is 14.5. The van der Waals surface area contributed by atoms with Crippen molar-refractivity contribution in [2.24, 2.45) is 5.92 Å². The lowest BCUT2D eigenvalue weighted by atomic mass is 9.94. The van der Waals surface area contributed by atoms with Gasteiger partial charge in [0.15, 0.2) is 16.6 Å². The van der Waals surface area contributed by atoms with Crippen LogP contribution < -0.4 is 14.2 Å². The highest BCUT2D eigenvalue weighted by atomic mass is 32.1. The molecule has 2 atom stereocenters. The van der Waals surface area contributed by atoms with Crippen LogP contribution >= 0.6 is 11.3 Å². The molecule has 0 spiro atoms. The van der Waals surface area contributed by atoms with Gasteiger partial charge in [-0.2, -0.15) is 5.10 Å². The van der Waals surface area contributed by atoms with Crippen LogP contribution in [-0.4, -0.2) is 59.0 Å². The van der Waals surface area contributed by atoms with Gasteiger partial charge in [0.2, 0.25) is 10.7 Å². The third kappa shape index (κ3) is 3.56. The number of nitrogens with zero attached hydrogens (tertiary/aromatic N) is 4. The third-order valence-corrected chi connectivity index (χ3v) is 6.48. The minimum absolute atomic E-state index is 0.224. The molecule has 0 saturated carbocycles. The molecule has 2 unspecified atom stereocenters. The number of likely N-dealkylation sites (tertiary alicyclic amines) is 1. The molecule has 3 aromatic rings. The van der Waals surface area contributed by atoms with E-state index in [0.717, 1.165) is 30.8 Å². The summed E-state index contributed by atoms with van der Waals surface area (Å²) in [4.78, 5) is 7.53. The maximum absolute atomic E-state index is 10.9. The Morgan fingerprint density at radius 3 is 2.47 bits per heavy atom. The van der Waals surface area contributed by atoms with Gasteiger partial charge in [-0.25, -0.2) is 9.50 Å². The number of benzene rings is 1. The Bertz CT molecular complexity index is 1020. The topological polar surface area (TPSA) is 81.4 Å². The maximum atomic E-state index is 10.9. The van der Waals surface area contributed by atoms with Gasteiger partial charge in [0.25, 0.3) is 0 Å². The lowest BCUT2D eigenvalue weighted by Crippen LogP contribution is -2.38. The summed E-state index contributed by atoms with van der Waals surface area (Å²) in [6.45, 7) is 5.97. The Kier molecular flexibility index (Phi) is 5.75. The lowest BCUT2D eigenvalue weighted by Gasteiger charge is -2.37. The number of rotatable bonds is 6. The first kappa shape index (κ1) is 20.7. The molecule has 1 saturated heterocycles. The van der Waals surface area contributed by atoms with E-state index in [1.54, 1.807) is 25.8 Å². The summed E-state index contributed by atoms with van der Waals surface area (Å²) in [7, 11) is 4.82. The number of ether oxygens (including phenoxy) is 3. The van der Waals surface area contributed by atoms with E-state index in [2.05, 4.69) is 21.9 Å². The van der Waals surface area contributed by atoms with Crippen LogP contribution in [0.4, 0.5) is 0 Å². The van der Waals surface area contributed by atoms with Crippen LogP contribution in [0.2, 0.25) is 0 Å². The van der Waals surface area contributed by atoms with E-state index >= 15 is 0 Å². The Balaban J connectivity index is 1.93. The van der Waals surface area contributed by atoms with E-state index in [9.17, 15) is 5.11 Å². The molecule has 0 aliphatic carbocycles. The number of aryl methyl sites for hydroxylation is 1. The predicted molar refractivity (Wildman–Crippen MR) is 115 cm³/mol. The van der Waals surface area contributed by atoms with Crippen molar-refractivity contribution < 1.29 is 19.3 Å². The molecule has 30 heavy (non-hydrogen) atoms. The van der Waals surface area contributed by atoms with E-state index in [0.29, 0.717) is 34.0 Å². The second-order valence-corrected chi connectivity index (χ2v) is 8.71. The minimum Gasteiger partial charge on any atom is -0.498 e. The van der Waals surface area contributed by atoms with Crippen LogP contribution in [0.5, 0.6) is 22.3 Å². The number of aromatic hydroxyl groups is 1. The summed E-state index contributed by atoms with van der Waals surface area (Å²) >= 11 is 1.25. The van der Waals surface area contributed by atoms with Gasteiger partial charge in [-0.05, 0) is 49.9 Å². The fourth-order valence-corrected chi connectivity index (χ4v) is 5.22. The normalized spacial score (nSPS) is 18.5. The van der Waals surface area contributed by atoms with E-state index in [1.165, 1.54) is 17.8 Å². The third-order valence-electron chi connectivity index (χ3n) is 5.63. The summed E-state index contributed by atoms with van der Waals surface area (Å²) in [5.41, 5.74) is 1.67. The number of piperidine rings is 1. The fraction of sp³-hybridized carbons (Fsp3) is 0.524. The van der Waals surface area contributed by atoms with Gasteiger partial charge in [-0.15, -0.1) is 0 Å². The summed E-state index contributed by atoms with van der Waals surface area (Å²) < 4.78 is 18.5. The molecule has 0 amide bonds. The standard InChI is InChI=1S/C21H28N4O4S/c1-12-7-6-8-24(11-12)17(18-20(26)30-21-22-13(2)23-25(18)21)14-9-15(27-3)19(29-5)16(10-14)28-4/h9-10,12,17,26H,6-8,11H2,1-5H3. The number of aromatic nitrogens is 3. The second kappa shape index (κ2) is 8.31. The highest BCUT2D eigenvalue weighted by molar-refractivity contribution is 7.18. The monoisotopic (exact) mass is 432 g/mol. The van der Waals surface area contributed by atoms with Crippen molar-refractivity contribution in [2.45, 2.75) is 32.7 Å². The van der Waals surface area contributed by atoms with Crippen LogP contribution in [0.3, 0.4) is 0 Å². The largest absolute Gasteiger partial charge is 0.498 e. The Morgan fingerprint density at radius 1 is 1.17 bits per heavy atom. The molecule has 9 heteroatoms. The van der Waals surface area contributed by atoms with E-state index in [1.807, 2.05) is 19.1 Å². The summed E-state index contributed by atoms with van der Waals surface area (Å²) in [5, 5.41) is 15.7. The average molecular weight is 433 g/mol. The molecular weight excluding hydrogens is 404 g/mol. The van der Waals surface area contributed by atoms with Crippen LogP contribution in [0, 0.1) is 12.8 Å². The summed E-state index contributed by atoms with van der Waals surface area (Å²) in [6, 6.07) is 3.69. The predicted octanol–water partition coefficient (Wildman–Crippen LogP) is 3.65. The molecule has 0 bridgehead atoms.